The number of hydrogen-bond donors (Lipinski definition) is 0. The normalized spacial score (nSPS) is 18.5. The van der Waals surface area contributed by atoms with Gasteiger partial charge < -0.3 is 4.90 Å². The first-order chi connectivity index (χ1) is 9.29. The van der Waals surface area contributed by atoms with Gasteiger partial charge in [-0.1, -0.05) is 0 Å². The molecule has 5 nitrogen and oxygen atoms in total. The maximum absolute atomic E-state index is 9.21. The van der Waals surface area contributed by atoms with Gasteiger partial charge in [0.05, 0.1) is 17.8 Å². The molecule has 96 valence electrons. The largest absolute Gasteiger partial charge is 0.348 e. The van der Waals surface area contributed by atoms with Gasteiger partial charge in [0.15, 0.2) is 0 Å². The quantitative estimate of drug-likeness (QED) is 0.821. The first kappa shape index (κ1) is 11.7. The van der Waals surface area contributed by atoms with E-state index in [9.17, 15) is 5.26 Å². The molecule has 1 fully saturated rings. The third kappa shape index (κ3) is 2.06. The molecule has 0 N–H and O–H groups in total. The number of nitrogens with zero attached hydrogens (tertiary/aromatic N) is 5. The summed E-state index contributed by atoms with van der Waals surface area (Å²) in [5.74, 6) is 0.788. The van der Waals surface area contributed by atoms with Crippen LogP contribution in [0, 0.1) is 11.3 Å². The Morgan fingerprint density at radius 2 is 2.37 bits per heavy atom. The lowest BCUT2D eigenvalue weighted by Crippen LogP contribution is -2.24. The smallest absolute Gasteiger partial charge is 0.146 e. The number of hydrogen-bond acceptors (Lipinski definition) is 4. The van der Waals surface area contributed by atoms with Crippen LogP contribution in [0.5, 0.6) is 0 Å². The predicted molar refractivity (Wildman–Crippen MR) is 71.5 cm³/mol. The van der Waals surface area contributed by atoms with Crippen molar-refractivity contribution in [2.75, 3.05) is 11.4 Å². The third-order valence-corrected chi connectivity index (χ3v) is 3.54. The van der Waals surface area contributed by atoms with E-state index in [1.807, 2.05) is 30.2 Å². The molecule has 1 aliphatic heterocycles. The highest BCUT2D eigenvalue weighted by atomic mass is 15.3. The molecule has 1 atom stereocenters. The van der Waals surface area contributed by atoms with Crippen LogP contribution in [-0.2, 0) is 7.05 Å². The summed E-state index contributed by atoms with van der Waals surface area (Å²) in [4.78, 5) is 6.61. The molecule has 1 aliphatic rings. The van der Waals surface area contributed by atoms with Gasteiger partial charge in [-0.05, 0) is 25.0 Å². The molecule has 3 heterocycles. The molecular weight excluding hydrogens is 238 g/mol. The zero-order valence-corrected chi connectivity index (χ0v) is 10.8. The fourth-order valence-electron chi connectivity index (χ4n) is 2.69. The summed E-state index contributed by atoms with van der Waals surface area (Å²) in [7, 11) is 1.92. The van der Waals surface area contributed by atoms with Gasteiger partial charge in [-0.3, -0.25) is 4.68 Å². The second-order valence-electron chi connectivity index (χ2n) is 4.79. The van der Waals surface area contributed by atoms with Crippen LogP contribution in [0.2, 0.25) is 0 Å². The average Bonchev–Trinajstić information content (AvgIpc) is 3.06. The molecule has 1 saturated heterocycles. The summed E-state index contributed by atoms with van der Waals surface area (Å²) in [6.07, 6.45) is 7.87. The Kier molecular flexibility index (Phi) is 2.92. The van der Waals surface area contributed by atoms with E-state index in [4.69, 9.17) is 0 Å². The standard InChI is InChI=1S/C14H15N5/c1-18-10-12(9-17-18)13-5-3-7-19(13)14-11(8-15)4-2-6-16-14/h2,4,6,9-10,13H,3,5,7H2,1H3. The lowest BCUT2D eigenvalue weighted by Gasteiger charge is -2.25. The maximum atomic E-state index is 9.21. The summed E-state index contributed by atoms with van der Waals surface area (Å²) in [5, 5.41) is 13.4. The molecule has 3 rings (SSSR count). The molecule has 0 saturated carbocycles. The van der Waals surface area contributed by atoms with Crippen LogP contribution in [0.1, 0.15) is 30.0 Å². The Balaban J connectivity index is 1.98. The third-order valence-electron chi connectivity index (χ3n) is 3.54. The number of anilines is 1. The summed E-state index contributed by atoms with van der Waals surface area (Å²) in [5.41, 5.74) is 1.83. The lowest BCUT2D eigenvalue weighted by molar-refractivity contribution is 0.707. The van der Waals surface area contributed by atoms with Gasteiger partial charge in [0.1, 0.15) is 11.9 Å². The van der Waals surface area contributed by atoms with Crippen molar-refractivity contribution in [2.45, 2.75) is 18.9 Å². The van der Waals surface area contributed by atoms with E-state index in [2.05, 4.69) is 21.1 Å². The predicted octanol–water partition coefficient (Wildman–Crippen LogP) is 2.03. The number of rotatable bonds is 2. The Morgan fingerprint density at radius 1 is 1.47 bits per heavy atom. The minimum absolute atomic E-state index is 0.274. The van der Waals surface area contributed by atoms with Gasteiger partial charge in [0, 0.05) is 31.5 Å². The van der Waals surface area contributed by atoms with Gasteiger partial charge in [-0.25, -0.2) is 4.98 Å². The van der Waals surface area contributed by atoms with E-state index < -0.39 is 0 Å². The second kappa shape index (κ2) is 4.73. The molecular formula is C14H15N5. The van der Waals surface area contributed by atoms with E-state index in [0.717, 1.165) is 25.2 Å². The summed E-state index contributed by atoms with van der Waals surface area (Å²) in [6.45, 7) is 0.936. The van der Waals surface area contributed by atoms with Crippen molar-refractivity contribution in [2.24, 2.45) is 7.05 Å². The molecule has 0 amide bonds. The minimum atomic E-state index is 0.274. The highest BCUT2D eigenvalue weighted by Crippen LogP contribution is 2.36. The van der Waals surface area contributed by atoms with Crippen LogP contribution in [0.4, 0.5) is 5.82 Å². The average molecular weight is 253 g/mol. The van der Waals surface area contributed by atoms with Gasteiger partial charge in [-0.2, -0.15) is 10.4 Å². The van der Waals surface area contributed by atoms with Crippen molar-refractivity contribution in [1.29, 1.82) is 5.26 Å². The number of aromatic nitrogens is 3. The fourth-order valence-corrected chi connectivity index (χ4v) is 2.69. The number of pyridine rings is 1. The zero-order valence-electron chi connectivity index (χ0n) is 10.8. The Morgan fingerprint density at radius 3 is 3.11 bits per heavy atom. The van der Waals surface area contributed by atoms with E-state index in [0.29, 0.717) is 5.56 Å². The lowest BCUT2D eigenvalue weighted by atomic mass is 10.1. The van der Waals surface area contributed by atoms with E-state index in [1.54, 1.807) is 12.3 Å². The molecule has 0 bridgehead atoms. The topological polar surface area (TPSA) is 57.7 Å². The number of aryl methyl sites for hydroxylation is 1. The summed E-state index contributed by atoms with van der Waals surface area (Å²) >= 11 is 0. The van der Waals surface area contributed by atoms with Crippen LogP contribution in [0.15, 0.2) is 30.7 Å². The van der Waals surface area contributed by atoms with Crippen molar-refractivity contribution in [3.05, 3.63) is 41.9 Å². The van der Waals surface area contributed by atoms with Crippen molar-refractivity contribution >= 4 is 5.82 Å². The second-order valence-corrected chi connectivity index (χ2v) is 4.79. The molecule has 2 aromatic heterocycles. The van der Waals surface area contributed by atoms with Crippen molar-refractivity contribution in [3.63, 3.8) is 0 Å². The Hall–Kier alpha value is -2.35. The van der Waals surface area contributed by atoms with E-state index >= 15 is 0 Å². The number of nitriles is 1. The van der Waals surface area contributed by atoms with Crippen LogP contribution < -0.4 is 4.90 Å². The highest BCUT2D eigenvalue weighted by Gasteiger charge is 2.29. The van der Waals surface area contributed by atoms with Crippen LogP contribution in [0.3, 0.4) is 0 Å². The molecule has 1 unspecified atom stereocenters. The van der Waals surface area contributed by atoms with Crippen LogP contribution in [-0.4, -0.2) is 21.3 Å². The van der Waals surface area contributed by atoms with Gasteiger partial charge in [-0.15, -0.1) is 0 Å². The highest BCUT2D eigenvalue weighted by molar-refractivity contribution is 5.55. The minimum Gasteiger partial charge on any atom is -0.348 e. The summed E-state index contributed by atoms with van der Waals surface area (Å²) in [6, 6.07) is 6.12. The van der Waals surface area contributed by atoms with Crippen molar-refractivity contribution in [1.82, 2.24) is 14.8 Å². The van der Waals surface area contributed by atoms with Gasteiger partial charge in [0.25, 0.3) is 0 Å². The monoisotopic (exact) mass is 253 g/mol. The molecule has 0 spiro atoms. The molecule has 5 heteroatoms. The van der Waals surface area contributed by atoms with Crippen LogP contribution in [0.25, 0.3) is 0 Å². The summed E-state index contributed by atoms with van der Waals surface area (Å²) < 4.78 is 1.81. The molecule has 0 aromatic carbocycles. The molecule has 19 heavy (non-hydrogen) atoms. The van der Waals surface area contributed by atoms with Crippen molar-refractivity contribution < 1.29 is 0 Å². The molecule has 0 radical (unpaired) electrons. The fraction of sp³-hybridized carbons (Fsp3) is 0.357. The molecule has 2 aromatic rings. The van der Waals surface area contributed by atoms with Crippen LogP contribution >= 0.6 is 0 Å². The zero-order chi connectivity index (χ0) is 13.2. The van der Waals surface area contributed by atoms with Gasteiger partial charge >= 0.3 is 0 Å². The SMILES string of the molecule is Cn1cc(C2CCCN2c2ncccc2C#N)cn1. The van der Waals surface area contributed by atoms with Gasteiger partial charge in [0.2, 0.25) is 0 Å². The molecule has 0 aliphatic carbocycles. The maximum Gasteiger partial charge on any atom is 0.146 e. The Bertz CT molecular complexity index is 625. The van der Waals surface area contributed by atoms with E-state index in [1.165, 1.54) is 5.56 Å². The van der Waals surface area contributed by atoms with Crippen molar-refractivity contribution in [3.8, 4) is 6.07 Å². The first-order valence-corrected chi connectivity index (χ1v) is 6.40. The Labute approximate surface area is 112 Å². The first-order valence-electron chi connectivity index (χ1n) is 6.40. The van der Waals surface area contributed by atoms with E-state index in [-0.39, 0.29) is 6.04 Å².